The monoisotopic (exact) mass is 624 g/mol. The van der Waals surface area contributed by atoms with Crippen molar-refractivity contribution in [1.82, 2.24) is 0 Å². The Morgan fingerprint density at radius 1 is 0.522 bits per heavy atom. The molecule has 0 amide bonds. The van der Waals surface area contributed by atoms with E-state index in [1.165, 1.54) is 36.8 Å². The Labute approximate surface area is 277 Å². The minimum absolute atomic E-state index is 0.106. The summed E-state index contributed by atoms with van der Waals surface area (Å²) in [5.41, 5.74) is 5.66. The Kier molecular flexibility index (Phi) is 7.76. The quantitative estimate of drug-likeness (QED) is 0.252. The number of rotatable bonds is 0. The number of fused-ring (bicyclic) bond motifs is 10. The van der Waals surface area contributed by atoms with Crippen molar-refractivity contribution in [3.63, 3.8) is 0 Å². The average molecular weight is 625 g/mol. The maximum atomic E-state index is 12.5. The van der Waals surface area contributed by atoms with Gasteiger partial charge in [-0.2, -0.15) is 0 Å². The van der Waals surface area contributed by atoms with Gasteiger partial charge in [0.1, 0.15) is 0 Å². The molecule has 0 radical (unpaired) electrons. The topological polar surface area (TPSA) is 68.3 Å². The van der Waals surface area contributed by atoms with E-state index < -0.39 is 0 Å². The van der Waals surface area contributed by atoms with E-state index >= 15 is 0 Å². The van der Waals surface area contributed by atoms with Crippen LogP contribution in [0, 0.1) is 57.2 Å². The van der Waals surface area contributed by atoms with Gasteiger partial charge in [0.25, 0.3) is 0 Å². The summed E-state index contributed by atoms with van der Waals surface area (Å²) >= 11 is 0. The third-order valence-electron chi connectivity index (χ3n) is 15.9. The molecule has 0 aromatic carbocycles. The zero-order valence-corrected chi connectivity index (χ0v) is 29.3. The molecule has 8 aliphatic rings. The third kappa shape index (κ3) is 4.50. The van der Waals surface area contributed by atoms with Gasteiger partial charge in [0.15, 0.2) is 23.1 Å². The first-order valence-corrected chi connectivity index (χ1v) is 18.7. The Morgan fingerprint density at radius 2 is 0.913 bits per heavy atom. The number of hydrogen-bond donors (Lipinski definition) is 0. The highest BCUT2D eigenvalue weighted by atomic mass is 16.1. The molecule has 6 saturated carbocycles. The summed E-state index contributed by atoms with van der Waals surface area (Å²) < 4.78 is 0. The first kappa shape index (κ1) is 32.2. The lowest BCUT2D eigenvalue weighted by Gasteiger charge is -2.57. The summed E-state index contributed by atoms with van der Waals surface area (Å²) in [5, 5.41) is 0. The predicted molar refractivity (Wildman–Crippen MR) is 182 cm³/mol. The number of hydrogen-bond acceptors (Lipinski definition) is 4. The maximum Gasteiger partial charge on any atom is 0.159 e. The van der Waals surface area contributed by atoms with Gasteiger partial charge in [-0.05, 0) is 159 Å². The van der Waals surface area contributed by atoms with Crippen molar-refractivity contribution in [1.29, 1.82) is 0 Å². The van der Waals surface area contributed by atoms with Gasteiger partial charge >= 0.3 is 0 Å². The van der Waals surface area contributed by atoms with E-state index in [2.05, 4.69) is 39.8 Å². The number of allylic oxidation sites excluding steroid dienone is 6. The van der Waals surface area contributed by atoms with E-state index in [0.29, 0.717) is 71.5 Å². The molecule has 0 N–H and O–H groups in total. The minimum atomic E-state index is 0.106. The summed E-state index contributed by atoms with van der Waals surface area (Å²) in [6, 6.07) is 0. The van der Waals surface area contributed by atoms with Crippen LogP contribution >= 0.6 is 0 Å². The van der Waals surface area contributed by atoms with Crippen LogP contribution in [0.5, 0.6) is 0 Å². The van der Waals surface area contributed by atoms with Crippen molar-refractivity contribution in [2.24, 2.45) is 57.2 Å². The SMILES string of the molecule is C/C=C1/C(=O)C[C@H]2[C@@H]3CCC4=CC(=O)CC[C@]4(C)[C@H]3CC[C@]12C.C/C=C1/C(=O)C[C@H]2[C@@H]3CCC4=CC(=O)CC[C@]4(C)[C@H]3CC[C@]12C. The summed E-state index contributed by atoms with van der Waals surface area (Å²) in [6.07, 6.45) is 22.2. The molecule has 0 saturated heterocycles. The van der Waals surface area contributed by atoms with Gasteiger partial charge in [-0.3, -0.25) is 19.2 Å². The highest BCUT2D eigenvalue weighted by molar-refractivity contribution is 6.00. The second kappa shape index (κ2) is 11.1. The fourth-order valence-electron chi connectivity index (χ4n) is 13.4. The molecule has 4 heteroatoms. The molecule has 8 rings (SSSR count). The van der Waals surface area contributed by atoms with Crippen LogP contribution in [-0.4, -0.2) is 23.1 Å². The Bertz CT molecular complexity index is 1390. The summed E-state index contributed by atoms with van der Waals surface area (Å²) in [7, 11) is 0. The van der Waals surface area contributed by atoms with E-state index in [0.717, 1.165) is 62.5 Å². The van der Waals surface area contributed by atoms with Crippen LogP contribution in [0.2, 0.25) is 0 Å². The van der Waals surface area contributed by atoms with E-state index in [1.54, 1.807) is 0 Å². The number of ketones is 4. The number of Topliss-reactive ketones (excluding diaryl/α,β-unsaturated/α-hetero) is 2. The van der Waals surface area contributed by atoms with Crippen molar-refractivity contribution in [2.45, 2.75) is 131 Å². The lowest BCUT2D eigenvalue weighted by molar-refractivity contribution is -0.118. The van der Waals surface area contributed by atoms with Crippen molar-refractivity contribution in [3.05, 3.63) is 46.6 Å². The van der Waals surface area contributed by atoms with Crippen LogP contribution in [0.4, 0.5) is 0 Å². The number of carbonyl (C=O) groups excluding carboxylic acids is 4. The maximum absolute atomic E-state index is 12.5. The zero-order valence-electron chi connectivity index (χ0n) is 29.3. The molecule has 10 atom stereocenters. The van der Waals surface area contributed by atoms with Crippen molar-refractivity contribution >= 4 is 23.1 Å². The summed E-state index contributed by atoms with van der Waals surface area (Å²) in [4.78, 5) is 48.8. The minimum Gasteiger partial charge on any atom is -0.295 e. The molecule has 0 heterocycles. The van der Waals surface area contributed by atoms with Gasteiger partial charge in [-0.1, -0.05) is 51.0 Å². The third-order valence-corrected chi connectivity index (χ3v) is 15.9. The molecule has 0 spiro atoms. The first-order valence-electron chi connectivity index (χ1n) is 18.7. The van der Waals surface area contributed by atoms with Crippen molar-refractivity contribution < 1.29 is 19.2 Å². The fraction of sp³-hybridized carbons (Fsp3) is 0.714. The van der Waals surface area contributed by atoms with Gasteiger partial charge in [-0.25, -0.2) is 0 Å². The van der Waals surface area contributed by atoms with Gasteiger partial charge in [-0.15, -0.1) is 0 Å². The summed E-state index contributed by atoms with van der Waals surface area (Å²) in [5.74, 6) is 5.13. The van der Waals surface area contributed by atoms with Gasteiger partial charge in [0.2, 0.25) is 0 Å². The Morgan fingerprint density at radius 3 is 1.28 bits per heavy atom. The molecule has 46 heavy (non-hydrogen) atoms. The molecule has 4 nitrogen and oxygen atoms in total. The molecule has 248 valence electrons. The van der Waals surface area contributed by atoms with Gasteiger partial charge in [0, 0.05) is 25.7 Å². The van der Waals surface area contributed by atoms with Crippen molar-refractivity contribution in [3.8, 4) is 0 Å². The van der Waals surface area contributed by atoms with Crippen LogP contribution < -0.4 is 0 Å². The van der Waals surface area contributed by atoms with Gasteiger partial charge in [0.05, 0.1) is 0 Å². The largest absolute Gasteiger partial charge is 0.295 e. The fourth-order valence-corrected chi connectivity index (χ4v) is 13.4. The lowest BCUT2D eigenvalue weighted by atomic mass is 9.47. The highest BCUT2D eigenvalue weighted by Gasteiger charge is 2.61. The molecule has 6 fully saturated rings. The first-order chi connectivity index (χ1) is 21.8. The molecule has 0 unspecified atom stereocenters. The molecule has 0 bridgehead atoms. The molecular formula is C42H56O4. The van der Waals surface area contributed by atoms with E-state index in [-0.39, 0.29) is 21.7 Å². The molecule has 0 aromatic rings. The summed E-state index contributed by atoms with van der Waals surface area (Å²) in [6.45, 7) is 13.5. The van der Waals surface area contributed by atoms with Crippen LogP contribution in [-0.2, 0) is 19.2 Å². The molecule has 0 aliphatic heterocycles. The van der Waals surface area contributed by atoms with Crippen LogP contribution in [0.25, 0.3) is 0 Å². The second-order valence-corrected chi connectivity index (χ2v) is 17.5. The van der Waals surface area contributed by atoms with Crippen LogP contribution in [0.15, 0.2) is 46.6 Å². The smallest absolute Gasteiger partial charge is 0.159 e. The average Bonchev–Trinajstić information content (AvgIpc) is 3.44. The van der Waals surface area contributed by atoms with E-state index in [4.69, 9.17) is 0 Å². The molecule has 8 aliphatic carbocycles. The number of carbonyl (C=O) groups is 4. The van der Waals surface area contributed by atoms with E-state index in [9.17, 15) is 19.2 Å². The standard InChI is InChI=1S/2C21H28O2/c2*1-4-16-19(23)12-18-15-6-5-13-11-14(22)7-9-20(13,2)17(15)8-10-21(16,18)3/h2*4,11,15,17-18H,5-10,12H2,1-3H3/b2*16-4-/t2*15-,17+,18+,20+,21-/m11/s1. The molecule has 0 aromatic heterocycles. The van der Waals surface area contributed by atoms with Crippen molar-refractivity contribution in [2.75, 3.05) is 0 Å². The van der Waals surface area contributed by atoms with Gasteiger partial charge < -0.3 is 0 Å². The zero-order chi connectivity index (χ0) is 32.8. The van der Waals surface area contributed by atoms with Crippen LogP contribution in [0.1, 0.15) is 131 Å². The Hall–Kier alpha value is -2.36. The molecular weight excluding hydrogens is 568 g/mol. The Balaban J connectivity index is 0.000000147. The second-order valence-electron chi connectivity index (χ2n) is 17.5. The van der Waals surface area contributed by atoms with Crippen LogP contribution in [0.3, 0.4) is 0 Å². The predicted octanol–water partition coefficient (Wildman–Crippen LogP) is 9.29. The normalized spacial score (nSPS) is 47.9. The lowest BCUT2D eigenvalue weighted by Crippen LogP contribution is -2.49. The van der Waals surface area contributed by atoms with E-state index in [1.807, 2.05) is 26.0 Å². The highest BCUT2D eigenvalue weighted by Crippen LogP contribution is 2.67.